The highest BCUT2D eigenvalue weighted by Gasteiger charge is 2.19. The zero-order chi connectivity index (χ0) is 18.7. The number of aromatic nitrogens is 2. The number of carbonyl (C=O) groups is 2. The minimum atomic E-state index is -0.500. The monoisotopic (exact) mass is 386 g/mol. The molecular weight excluding hydrogens is 368 g/mol. The molecule has 0 radical (unpaired) electrons. The Bertz CT molecular complexity index is 929. The number of ether oxygens (including phenoxy) is 1. The summed E-state index contributed by atoms with van der Waals surface area (Å²) in [7, 11) is 0. The predicted molar refractivity (Wildman–Crippen MR) is 104 cm³/mol. The lowest BCUT2D eigenvalue weighted by atomic mass is 10.1. The number of thiazole rings is 1. The van der Waals surface area contributed by atoms with Gasteiger partial charge in [-0.2, -0.15) is 0 Å². The molecule has 0 spiro atoms. The zero-order valence-corrected chi connectivity index (χ0v) is 16.3. The average molecular weight is 386 g/mol. The van der Waals surface area contributed by atoms with E-state index < -0.39 is 5.97 Å². The number of ketones is 1. The number of thioether (sulfide) groups is 1. The van der Waals surface area contributed by atoms with Gasteiger partial charge >= 0.3 is 5.97 Å². The van der Waals surface area contributed by atoms with Crippen LogP contribution in [0.25, 0.3) is 5.13 Å². The van der Waals surface area contributed by atoms with E-state index in [0.29, 0.717) is 11.1 Å². The van der Waals surface area contributed by atoms with Crippen LogP contribution in [0.1, 0.15) is 32.1 Å². The summed E-state index contributed by atoms with van der Waals surface area (Å²) >= 11 is 3.10. The Hall–Kier alpha value is -2.38. The minimum absolute atomic E-state index is 0.227. The smallest absolute Gasteiger partial charge is 0.338 e. The molecule has 0 atom stereocenters. The first-order valence-electron chi connectivity index (χ1n) is 7.94. The van der Waals surface area contributed by atoms with Gasteiger partial charge in [0, 0.05) is 33.4 Å². The van der Waals surface area contributed by atoms with E-state index in [1.165, 1.54) is 11.3 Å². The van der Waals surface area contributed by atoms with Crippen LogP contribution in [-0.4, -0.2) is 34.2 Å². The van der Waals surface area contributed by atoms with Crippen molar-refractivity contribution in [1.82, 2.24) is 9.55 Å². The van der Waals surface area contributed by atoms with E-state index in [1.54, 1.807) is 36.2 Å². The molecule has 0 fully saturated rings. The largest absolute Gasteiger partial charge is 0.454 e. The van der Waals surface area contributed by atoms with Crippen molar-refractivity contribution in [3.05, 3.63) is 64.4 Å². The molecule has 0 aliphatic heterocycles. The van der Waals surface area contributed by atoms with Gasteiger partial charge in [0.1, 0.15) is 0 Å². The van der Waals surface area contributed by atoms with Gasteiger partial charge in [0.2, 0.25) is 5.78 Å². The van der Waals surface area contributed by atoms with Crippen LogP contribution in [0.15, 0.2) is 46.8 Å². The molecule has 0 aliphatic rings. The second-order valence-electron chi connectivity index (χ2n) is 5.66. The molecule has 0 bridgehead atoms. The highest BCUT2D eigenvalue weighted by molar-refractivity contribution is 7.98. The first kappa shape index (κ1) is 18.4. The second kappa shape index (κ2) is 7.88. The van der Waals surface area contributed by atoms with Crippen LogP contribution in [0.2, 0.25) is 0 Å². The van der Waals surface area contributed by atoms with Crippen molar-refractivity contribution < 1.29 is 14.3 Å². The van der Waals surface area contributed by atoms with Gasteiger partial charge in [-0.1, -0.05) is 0 Å². The summed E-state index contributed by atoms with van der Waals surface area (Å²) < 4.78 is 7.13. The van der Waals surface area contributed by atoms with E-state index in [4.69, 9.17) is 4.74 Å². The average Bonchev–Trinajstić information content (AvgIpc) is 3.27. The van der Waals surface area contributed by atoms with E-state index in [0.717, 1.165) is 21.4 Å². The Morgan fingerprint density at radius 3 is 2.58 bits per heavy atom. The van der Waals surface area contributed by atoms with Crippen LogP contribution in [0.5, 0.6) is 0 Å². The van der Waals surface area contributed by atoms with Crippen LogP contribution >= 0.6 is 23.1 Å². The molecule has 3 rings (SSSR count). The summed E-state index contributed by atoms with van der Waals surface area (Å²) in [6.07, 6.45) is 3.69. The van der Waals surface area contributed by atoms with Gasteiger partial charge in [0.25, 0.3) is 0 Å². The highest BCUT2D eigenvalue weighted by Crippen LogP contribution is 2.23. The maximum atomic E-state index is 12.5. The number of Topliss-reactive ketones (excluding diaryl/α,β-unsaturated/α-hetero) is 1. The van der Waals surface area contributed by atoms with Crippen LogP contribution < -0.4 is 0 Å². The van der Waals surface area contributed by atoms with Crippen molar-refractivity contribution in [2.75, 3.05) is 12.9 Å². The van der Waals surface area contributed by atoms with E-state index in [1.807, 2.05) is 42.2 Å². The van der Waals surface area contributed by atoms with Gasteiger partial charge in [0.05, 0.1) is 5.56 Å². The van der Waals surface area contributed by atoms with Crippen molar-refractivity contribution in [3.63, 3.8) is 0 Å². The molecule has 3 aromatic rings. The van der Waals surface area contributed by atoms with Crippen LogP contribution in [0.3, 0.4) is 0 Å². The number of hydrogen-bond donors (Lipinski definition) is 0. The minimum Gasteiger partial charge on any atom is -0.454 e. The molecule has 0 N–H and O–H groups in total. The number of rotatable bonds is 6. The molecule has 0 saturated carbocycles. The Morgan fingerprint density at radius 1 is 1.23 bits per heavy atom. The molecule has 1 aromatic carbocycles. The lowest BCUT2D eigenvalue weighted by Gasteiger charge is -2.06. The van der Waals surface area contributed by atoms with Crippen LogP contribution in [0.4, 0.5) is 0 Å². The fraction of sp³-hybridized carbons (Fsp3) is 0.211. The van der Waals surface area contributed by atoms with E-state index in [-0.39, 0.29) is 12.4 Å². The van der Waals surface area contributed by atoms with Crippen molar-refractivity contribution >= 4 is 34.9 Å². The Labute approximate surface area is 160 Å². The quantitative estimate of drug-likeness (QED) is 0.359. The molecule has 2 heterocycles. The molecular formula is C19H18N2O3S2. The normalized spacial score (nSPS) is 10.7. The summed E-state index contributed by atoms with van der Waals surface area (Å²) in [6, 6.07) is 8.91. The summed E-state index contributed by atoms with van der Waals surface area (Å²) in [5, 5.41) is 2.70. The molecule has 0 amide bonds. The number of carbonyl (C=O) groups excluding carboxylic acids is 2. The maximum absolute atomic E-state index is 12.5. The van der Waals surface area contributed by atoms with Crippen molar-refractivity contribution in [2.24, 2.45) is 0 Å². The number of aryl methyl sites for hydroxylation is 1. The maximum Gasteiger partial charge on any atom is 0.338 e. The molecule has 26 heavy (non-hydrogen) atoms. The van der Waals surface area contributed by atoms with E-state index in [2.05, 4.69) is 4.98 Å². The number of nitrogens with zero attached hydrogens (tertiary/aromatic N) is 2. The Morgan fingerprint density at radius 2 is 1.96 bits per heavy atom. The molecule has 2 aromatic heterocycles. The molecule has 0 aliphatic carbocycles. The van der Waals surface area contributed by atoms with Gasteiger partial charge in [-0.05, 0) is 50.4 Å². The Balaban J connectivity index is 1.70. The van der Waals surface area contributed by atoms with Gasteiger partial charge < -0.3 is 4.74 Å². The highest BCUT2D eigenvalue weighted by atomic mass is 32.2. The van der Waals surface area contributed by atoms with Crippen LogP contribution in [-0.2, 0) is 4.74 Å². The zero-order valence-electron chi connectivity index (χ0n) is 14.7. The van der Waals surface area contributed by atoms with E-state index in [9.17, 15) is 9.59 Å². The summed E-state index contributed by atoms with van der Waals surface area (Å²) in [5.74, 6) is -0.727. The topological polar surface area (TPSA) is 61.2 Å². The third-order valence-corrected chi connectivity index (χ3v) is 5.50. The third-order valence-electron chi connectivity index (χ3n) is 4.00. The lowest BCUT2D eigenvalue weighted by Crippen LogP contribution is -2.15. The molecule has 0 saturated heterocycles. The van der Waals surface area contributed by atoms with Gasteiger partial charge in [-0.15, -0.1) is 23.1 Å². The first-order valence-corrected chi connectivity index (χ1v) is 10.0. The molecule has 134 valence electrons. The predicted octanol–water partition coefficient (Wildman–Crippen LogP) is 4.31. The van der Waals surface area contributed by atoms with Gasteiger partial charge in [0.15, 0.2) is 11.7 Å². The number of esters is 1. The van der Waals surface area contributed by atoms with Gasteiger partial charge in [-0.3, -0.25) is 9.36 Å². The summed E-state index contributed by atoms with van der Waals surface area (Å²) in [5.41, 5.74) is 2.69. The lowest BCUT2D eigenvalue weighted by molar-refractivity contribution is 0.0474. The fourth-order valence-electron chi connectivity index (χ4n) is 2.69. The SMILES string of the molecule is CSc1ccc(C(=O)OCC(=O)c2cc(C)n(-c3nccs3)c2C)cc1. The van der Waals surface area contributed by atoms with Crippen molar-refractivity contribution in [1.29, 1.82) is 0 Å². The number of hydrogen-bond acceptors (Lipinski definition) is 6. The second-order valence-corrected chi connectivity index (χ2v) is 7.42. The molecule has 0 unspecified atom stereocenters. The number of benzene rings is 1. The summed E-state index contributed by atoms with van der Waals surface area (Å²) in [4.78, 5) is 30.0. The molecule has 5 nitrogen and oxygen atoms in total. The first-order chi connectivity index (χ1) is 12.5. The van der Waals surface area contributed by atoms with Crippen molar-refractivity contribution in [3.8, 4) is 5.13 Å². The standard InChI is InChI=1S/C19H18N2O3S2/c1-12-10-16(13(2)21(12)19-20-8-9-26-19)17(22)11-24-18(23)14-4-6-15(25-3)7-5-14/h4-10H,11H2,1-3H3. The van der Waals surface area contributed by atoms with E-state index >= 15 is 0 Å². The van der Waals surface area contributed by atoms with Gasteiger partial charge in [-0.25, -0.2) is 9.78 Å². The van der Waals surface area contributed by atoms with Crippen LogP contribution in [0, 0.1) is 13.8 Å². The fourth-order valence-corrected chi connectivity index (χ4v) is 3.84. The van der Waals surface area contributed by atoms with Crippen molar-refractivity contribution in [2.45, 2.75) is 18.7 Å². The summed E-state index contributed by atoms with van der Waals surface area (Å²) in [6.45, 7) is 3.50. The third kappa shape index (κ3) is 3.73. The Kier molecular flexibility index (Phi) is 5.58. The molecule has 7 heteroatoms.